The van der Waals surface area contributed by atoms with Crippen molar-refractivity contribution in [2.45, 2.75) is 19.4 Å². The molecule has 2 amide bonds. The summed E-state index contributed by atoms with van der Waals surface area (Å²) in [5, 5.41) is 2.77. The van der Waals surface area contributed by atoms with Gasteiger partial charge in [-0.25, -0.2) is 0 Å². The van der Waals surface area contributed by atoms with Crippen LogP contribution in [0.3, 0.4) is 0 Å². The molecule has 2 rings (SSSR count). The van der Waals surface area contributed by atoms with Gasteiger partial charge in [-0.05, 0) is 26.0 Å². The van der Waals surface area contributed by atoms with Crippen LogP contribution in [0.25, 0.3) is 0 Å². The van der Waals surface area contributed by atoms with Crippen molar-refractivity contribution in [1.29, 1.82) is 0 Å². The average molecular weight is 292 g/mol. The van der Waals surface area contributed by atoms with Crippen molar-refractivity contribution in [1.82, 2.24) is 10.2 Å². The number of amides is 2. The Labute approximate surface area is 124 Å². The molecule has 0 unspecified atom stereocenters. The van der Waals surface area contributed by atoms with Gasteiger partial charge in [-0.2, -0.15) is 0 Å². The van der Waals surface area contributed by atoms with Crippen LogP contribution in [-0.2, 0) is 4.79 Å². The lowest BCUT2D eigenvalue weighted by molar-refractivity contribution is -0.133. The number of nitrogens with one attached hydrogen (secondary N) is 1. The fraction of sp³-hybridized carbons (Fsp3) is 0.467. The first kappa shape index (κ1) is 15.2. The van der Waals surface area contributed by atoms with Crippen molar-refractivity contribution in [2.75, 3.05) is 27.3 Å². The smallest absolute Gasteiger partial charge is 0.262 e. The van der Waals surface area contributed by atoms with Gasteiger partial charge in [0.1, 0.15) is 22.6 Å². The van der Waals surface area contributed by atoms with Gasteiger partial charge < -0.3 is 19.7 Å². The van der Waals surface area contributed by atoms with Gasteiger partial charge in [0.25, 0.3) is 5.91 Å². The molecule has 114 valence electrons. The quantitative estimate of drug-likeness (QED) is 0.904. The molecule has 0 bridgehead atoms. The van der Waals surface area contributed by atoms with Crippen molar-refractivity contribution in [3.63, 3.8) is 0 Å². The molecule has 6 heteroatoms. The Morgan fingerprint density at radius 2 is 1.81 bits per heavy atom. The number of ether oxygens (including phenoxy) is 2. The van der Waals surface area contributed by atoms with Crippen LogP contribution in [0.1, 0.15) is 24.2 Å². The van der Waals surface area contributed by atoms with Crippen LogP contribution in [0.2, 0.25) is 0 Å². The number of hydrogen-bond donors (Lipinski definition) is 1. The molecule has 1 fully saturated rings. The summed E-state index contributed by atoms with van der Waals surface area (Å²) in [6.07, 6.45) is 0. The molecule has 1 aliphatic rings. The van der Waals surface area contributed by atoms with Gasteiger partial charge in [0.2, 0.25) is 5.91 Å². The molecule has 0 radical (unpaired) electrons. The van der Waals surface area contributed by atoms with Gasteiger partial charge in [-0.3, -0.25) is 9.59 Å². The third kappa shape index (κ3) is 2.53. The van der Waals surface area contributed by atoms with Crippen molar-refractivity contribution in [2.24, 2.45) is 0 Å². The molecule has 1 aromatic carbocycles. The maximum absolute atomic E-state index is 12.9. The lowest BCUT2D eigenvalue weighted by Gasteiger charge is -2.41. The second-order valence-corrected chi connectivity index (χ2v) is 5.31. The summed E-state index contributed by atoms with van der Waals surface area (Å²) < 4.78 is 10.5. The summed E-state index contributed by atoms with van der Waals surface area (Å²) in [6, 6.07) is 5.15. The molecule has 1 heterocycles. The fourth-order valence-corrected chi connectivity index (χ4v) is 2.45. The minimum Gasteiger partial charge on any atom is -0.496 e. The van der Waals surface area contributed by atoms with Crippen LogP contribution >= 0.6 is 0 Å². The third-order valence-corrected chi connectivity index (χ3v) is 3.74. The number of carbonyl (C=O) groups is 2. The van der Waals surface area contributed by atoms with Crippen molar-refractivity contribution in [3.8, 4) is 11.5 Å². The second kappa shape index (κ2) is 5.63. The second-order valence-electron chi connectivity index (χ2n) is 5.31. The van der Waals surface area contributed by atoms with Gasteiger partial charge in [-0.15, -0.1) is 0 Å². The maximum Gasteiger partial charge on any atom is 0.262 e. The number of nitrogens with zero attached hydrogens (tertiary/aromatic N) is 1. The van der Waals surface area contributed by atoms with Gasteiger partial charge >= 0.3 is 0 Å². The Bertz CT molecular complexity index is 547. The summed E-state index contributed by atoms with van der Waals surface area (Å²) in [4.78, 5) is 26.5. The highest BCUT2D eigenvalue weighted by molar-refractivity contribution is 6.03. The van der Waals surface area contributed by atoms with Crippen LogP contribution in [0.5, 0.6) is 11.5 Å². The van der Waals surface area contributed by atoms with E-state index < -0.39 is 5.54 Å². The predicted octanol–water partition coefficient (Wildman–Crippen LogP) is 1.05. The first-order valence-corrected chi connectivity index (χ1v) is 6.74. The lowest BCUT2D eigenvalue weighted by atomic mass is 9.97. The highest BCUT2D eigenvalue weighted by atomic mass is 16.5. The van der Waals surface area contributed by atoms with Crippen LogP contribution in [0, 0.1) is 0 Å². The summed E-state index contributed by atoms with van der Waals surface area (Å²) >= 11 is 0. The van der Waals surface area contributed by atoms with E-state index in [4.69, 9.17) is 9.47 Å². The zero-order valence-electron chi connectivity index (χ0n) is 12.7. The first-order chi connectivity index (χ1) is 9.93. The number of benzene rings is 1. The lowest BCUT2D eigenvalue weighted by Crippen LogP contribution is -2.63. The Hall–Kier alpha value is -2.24. The van der Waals surface area contributed by atoms with Crippen LogP contribution in [0.4, 0.5) is 0 Å². The van der Waals surface area contributed by atoms with Crippen LogP contribution in [0.15, 0.2) is 18.2 Å². The zero-order chi connectivity index (χ0) is 15.6. The molecule has 0 spiro atoms. The first-order valence-electron chi connectivity index (χ1n) is 6.74. The van der Waals surface area contributed by atoms with Crippen LogP contribution in [-0.4, -0.2) is 49.6 Å². The molecule has 0 saturated carbocycles. The molecule has 0 aliphatic carbocycles. The largest absolute Gasteiger partial charge is 0.496 e. The number of methoxy groups -OCH3 is 2. The standard InChI is InChI=1S/C15H20N2O4/c1-15(2)14(19)16-8-9-17(15)13(18)12-10(20-3)6-5-7-11(12)21-4/h5-7H,8-9H2,1-4H3,(H,16,19). The summed E-state index contributed by atoms with van der Waals surface area (Å²) in [7, 11) is 3.00. The maximum atomic E-state index is 12.9. The summed E-state index contributed by atoms with van der Waals surface area (Å²) in [5.41, 5.74) is -0.577. The molecule has 1 aliphatic heterocycles. The number of carbonyl (C=O) groups excluding carboxylic acids is 2. The Balaban J connectivity index is 2.47. The molecule has 6 nitrogen and oxygen atoms in total. The molecule has 1 saturated heterocycles. The predicted molar refractivity (Wildman–Crippen MR) is 77.7 cm³/mol. The fourth-order valence-electron chi connectivity index (χ4n) is 2.45. The highest BCUT2D eigenvalue weighted by Gasteiger charge is 2.42. The van der Waals surface area contributed by atoms with E-state index in [1.165, 1.54) is 14.2 Å². The molecular formula is C15H20N2O4. The van der Waals surface area contributed by atoms with Crippen molar-refractivity contribution < 1.29 is 19.1 Å². The van der Waals surface area contributed by atoms with E-state index in [1.54, 1.807) is 36.9 Å². The zero-order valence-corrected chi connectivity index (χ0v) is 12.7. The number of rotatable bonds is 3. The van der Waals surface area contributed by atoms with E-state index in [-0.39, 0.29) is 11.8 Å². The van der Waals surface area contributed by atoms with E-state index in [1.807, 2.05) is 0 Å². The van der Waals surface area contributed by atoms with Gasteiger partial charge in [0, 0.05) is 13.1 Å². The third-order valence-electron chi connectivity index (χ3n) is 3.74. The average Bonchev–Trinajstić information content (AvgIpc) is 2.48. The SMILES string of the molecule is COc1cccc(OC)c1C(=O)N1CCNC(=O)C1(C)C. The Morgan fingerprint density at radius 1 is 1.24 bits per heavy atom. The minimum atomic E-state index is -0.915. The number of piperazine rings is 1. The Kier molecular flexibility index (Phi) is 4.06. The molecule has 1 aromatic rings. The van der Waals surface area contributed by atoms with Crippen LogP contribution < -0.4 is 14.8 Å². The van der Waals surface area contributed by atoms with E-state index >= 15 is 0 Å². The van der Waals surface area contributed by atoms with E-state index in [9.17, 15) is 9.59 Å². The molecule has 1 N–H and O–H groups in total. The number of hydrogen-bond acceptors (Lipinski definition) is 4. The monoisotopic (exact) mass is 292 g/mol. The van der Waals surface area contributed by atoms with E-state index in [0.717, 1.165) is 0 Å². The minimum absolute atomic E-state index is 0.170. The molecule has 0 aromatic heterocycles. The highest BCUT2D eigenvalue weighted by Crippen LogP contribution is 2.32. The molecule has 21 heavy (non-hydrogen) atoms. The molecular weight excluding hydrogens is 272 g/mol. The van der Waals surface area contributed by atoms with Gasteiger partial charge in [0.15, 0.2) is 0 Å². The van der Waals surface area contributed by atoms with Gasteiger partial charge in [0.05, 0.1) is 14.2 Å². The van der Waals surface area contributed by atoms with Gasteiger partial charge in [-0.1, -0.05) is 6.07 Å². The normalized spacial score (nSPS) is 17.1. The topological polar surface area (TPSA) is 67.9 Å². The molecule has 0 atom stereocenters. The summed E-state index contributed by atoms with van der Waals surface area (Å²) in [5.74, 6) is 0.419. The van der Waals surface area contributed by atoms with Crippen molar-refractivity contribution >= 4 is 11.8 Å². The Morgan fingerprint density at radius 3 is 2.33 bits per heavy atom. The van der Waals surface area contributed by atoms with E-state index in [2.05, 4.69) is 5.32 Å². The van der Waals surface area contributed by atoms with Crippen molar-refractivity contribution in [3.05, 3.63) is 23.8 Å². The summed E-state index contributed by atoms with van der Waals surface area (Å²) in [6.45, 7) is 4.33. The van der Waals surface area contributed by atoms with E-state index in [0.29, 0.717) is 30.2 Å².